The highest BCUT2D eigenvalue weighted by atomic mass is 16.2. The third-order valence-corrected chi connectivity index (χ3v) is 5.89. The van der Waals surface area contributed by atoms with Crippen LogP contribution in [0.25, 0.3) is 10.9 Å². The fourth-order valence-electron chi connectivity index (χ4n) is 4.24. The van der Waals surface area contributed by atoms with E-state index in [4.69, 9.17) is 0 Å². The second-order valence-electron chi connectivity index (χ2n) is 7.72. The number of aromatic nitrogens is 2. The quantitative estimate of drug-likeness (QED) is 0.872. The Hall–Kier alpha value is -2.70. The Kier molecular flexibility index (Phi) is 5.41. The highest BCUT2D eigenvalue weighted by Gasteiger charge is 2.30. The first kappa shape index (κ1) is 18.7. The molecule has 1 aromatic heterocycles. The van der Waals surface area contributed by atoms with Crippen LogP contribution < -0.4 is 5.56 Å². The number of benzene rings is 1. The average Bonchev–Trinajstić information content (AvgIpc) is 3.26. The van der Waals surface area contributed by atoms with E-state index in [2.05, 4.69) is 9.97 Å². The summed E-state index contributed by atoms with van der Waals surface area (Å²) in [5.41, 5.74) is 0.472. The van der Waals surface area contributed by atoms with Crippen molar-refractivity contribution in [1.29, 1.82) is 0 Å². The molecule has 0 unspecified atom stereocenters. The summed E-state index contributed by atoms with van der Waals surface area (Å²) >= 11 is 0. The van der Waals surface area contributed by atoms with Crippen LogP contribution in [0.1, 0.15) is 37.9 Å². The van der Waals surface area contributed by atoms with Crippen LogP contribution in [0.5, 0.6) is 0 Å². The van der Waals surface area contributed by atoms with Crippen molar-refractivity contribution in [2.45, 2.75) is 38.5 Å². The number of nitrogens with zero attached hydrogens (tertiary/aromatic N) is 3. The van der Waals surface area contributed by atoms with E-state index in [1.54, 1.807) is 18.2 Å². The van der Waals surface area contributed by atoms with Crippen LogP contribution in [0.2, 0.25) is 0 Å². The maximum Gasteiger partial charge on any atom is 0.258 e. The van der Waals surface area contributed by atoms with Gasteiger partial charge >= 0.3 is 0 Å². The van der Waals surface area contributed by atoms with Gasteiger partial charge < -0.3 is 14.8 Å². The zero-order valence-corrected chi connectivity index (χ0v) is 16.0. The molecule has 1 aliphatic carbocycles. The molecule has 0 radical (unpaired) electrons. The molecule has 0 bridgehead atoms. The first-order valence-corrected chi connectivity index (χ1v) is 10.2. The molecule has 2 aliphatic rings. The van der Waals surface area contributed by atoms with Crippen LogP contribution in [0, 0.1) is 5.92 Å². The molecule has 7 heteroatoms. The molecule has 0 spiro atoms. The maximum absolute atomic E-state index is 12.6. The highest BCUT2D eigenvalue weighted by Crippen LogP contribution is 2.27. The van der Waals surface area contributed by atoms with Crippen molar-refractivity contribution in [1.82, 2.24) is 19.8 Å². The molecule has 28 heavy (non-hydrogen) atoms. The molecule has 2 aromatic rings. The van der Waals surface area contributed by atoms with Crippen molar-refractivity contribution in [3.05, 3.63) is 40.4 Å². The molecular formula is C21H26N4O3. The van der Waals surface area contributed by atoms with E-state index in [0.717, 1.165) is 25.7 Å². The Morgan fingerprint density at radius 1 is 1.04 bits per heavy atom. The minimum Gasteiger partial charge on any atom is -0.339 e. The standard InChI is InChI=1S/C21H26N4O3/c26-19(10-9-18-22-17-8-4-3-7-16(17)20(27)23-18)24-11-13-25(14-12-24)21(28)15-5-1-2-6-15/h3-4,7-8,15H,1-2,5-6,9-14H2,(H,22,23,27). The van der Waals surface area contributed by atoms with Crippen molar-refractivity contribution in [2.24, 2.45) is 5.92 Å². The lowest BCUT2D eigenvalue weighted by Crippen LogP contribution is -2.51. The molecule has 1 aromatic carbocycles. The largest absolute Gasteiger partial charge is 0.339 e. The summed E-state index contributed by atoms with van der Waals surface area (Å²) in [5, 5.41) is 0.556. The first-order valence-electron chi connectivity index (χ1n) is 10.2. The molecule has 148 valence electrons. The zero-order chi connectivity index (χ0) is 19.5. The van der Waals surface area contributed by atoms with Gasteiger partial charge in [-0.25, -0.2) is 4.98 Å². The van der Waals surface area contributed by atoms with E-state index in [1.807, 2.05) is 15.9 Å². The highest BCUT2D eigenvalue weighted by molar-refractivity contribution is 5.80. The van der Waals surface area contributed by atoms with E-state index in [0.29, 0.717) is 55.7 Å². The normalized spacial score (nSPS) is 18.0. The fourth-order valence-corrected chi connectivity index (χ4v) is 4.24. The fraction of sp³-hybridized carbons (Fsp3) is 0.524. The zero-order valence-electron chi connectivity index (χ0n) is 16.0. The van der Waals surface area contributed by atoms with Gasteiger partial charge in [-0.3, -0.25) is 14.4 Å². The van der Waals surface area contributed by atoms with Gasteiger partial charge in [-0.2, -0.15) is 0 Å². The van der Waals surface area contributed by atoms with Gasteiger partial charge in [0.2, 0.25) is 11.8 Å². The van der Waals surface area contributed by atoms with Crippen molar-refractivity contribution in [2.75, 3.05) is 26.2 Å². The number of rotatable bonds is 4. The number of piperazine rings is 1. The van der Waals surface area contributed by atoms with Gasteiger partial charge in [0, 0.05) is 44.9 Å². The van der Waals surface area contributed by atoms with Gasteiger partial charge in [-0.15, -0.1) is 0 Å². The summed E-state index contributed by atoms with van der Waals surface area (Å²) in [6.07, 6.45) is 5.03. The second kappa shape index (κ2) is 8.12. The van der Waals surface area contributed by atoms with Crippen molar-refractivity contribution < 1.29 is 9.59 Å². The Bertz CT molecular complexity index is 925. The third-order valence-electron chi connectivity index (χ3n) is 5.89. The maximum atomic E-state index is 12.6. The molecule has 7 nitrogen and oxygen atoms in total. The predicted molar refractivity (Wildman–Crippen MR) is 106 cm³/mol. The summed E-state index contributed by atoms with van der Waals surface area (Å²) in [4.78, 5) is 48.1. The lowest BCUT2D eigenvalue weighted by Gasteiger charge is -2.36. The van der Waals surface area contributed by atoms with E-state index in [9.17, 15) is 14.4 Å². The van der Waals surface area contributed by atoms with Gasteiger partial charge in [0.15, 0.2) is 0 Å². The summed E-state index contributed by atoms with van der Waals surface area (Å²) in [6.45, 7) is 2.40. The molecule has 1 saturated heterocycles. The number of fused-ring (bicyclic) bond motifs is 1. The van der Waals surface area contributed by atoms with E-state index in [1.165, 1.54) is 0 Å². The Balaban J connectivity index is 1.30. The number of carbonyl (C=O) groups excluding carboxylic acids is 2. The topological polar surface area (TPSA) is 86.4 Å². The lowest BCUT2D eigenvalue weighted by molar-refractivity contribution is -0.142. The number of aromatic amines is 1. The summed E-state index contributed by atoms with van der Waals surface area (Å²) < 4.78 is 0. The van der Waals surface area contributed by atoms with Crippen LogP contribution in [0.4, 0.5) is 0 Å². The predicted octanol–water partition coefficient (Wildman–Crippen LogP) is 1.72. The van der Waals surface area contributed by atoms with Gasteiger partial charge in [0.25, 0.3) is 5.56 Å². The van der Waals surface area contributed by atoms with E-state index in [-0.39, 0.29) is 23.3 Å². The van der Waals surface area contributed by atoms with Crippen LogP contribution >= 0.6 is 0 Å². The molecule has 1 aliphatic heterocycles. The van der Waals surface area contributed by atoms with Crippen LogP contribution in [0.3, 0.4) is 0 Å². The number of hydrogen-bond donors (Lipinski definition) is 1. The number of nitrogens with one attached hydrogen (secondary N) is 1. The molecule has 1 N–H and O–H groups in total. The second-order valence-corrected chi connectivity index (χ2v) is 7.72. The molecule has 0 atom stereocenters. The minimum absolute atomic E-state index is 0.0452. The summed E-state index contributed by atoms with van der Waals surface area (Å²) in [6, 6.07) is 7.19. The van der Waals surface area contributed by atoms with Crippen molar-refractivity contribution in [3.63, 3.8) is 0 Å². The van der Waals surface area contributed by atoms with Crippen LogP contribution in [0.15, 0.2) is 29.1 Å². The number of para-hydroxylation sites is 1. The van der Waals surface area contributed by atoms with Crippen LogP contribution in [-0.2, 0) is 16.0 Å². The monoisotopic (exact) mass is 382 g/mol. The number of H-pyrrole nitrogens is 1. The molecule has 2 heterocycles. The Morgan fingerprint density at radius 3 is 2.46 bits per heavy atom. The van der Waals surface area contributed by atoms with Gasteiger partial charge in [-0.05, 0) is 25.0 Å². The molecule has 2 amide bonds. The van der Waals surface area contributed by atoms with Crippen molar-refractivity contribution >= 4 is 22.7 Å². The van der Waals surface area contributed by atoms with Gasteiger partial charge in [0.1, 0.15) is 5.82 Å². The van der Waals surface area contributed by atoms with E-state index < -0.39 is 0 Å². The number of carbonyl (C=O) groups is 2. The molecule has 4 rings (SSSR count). The summed E-state index contributed by atoms with van der Waals surface area (Å²) in [5.74, 6) is 1.04. The third kappa shape index (κ3) is 3.93. The first-order chi connectivity index (χ1) is 13.6. The minimum atomic E-state index is -0.174. The summed E-state index contributed by atoms with van der Waals surface area (Å²) in [7, 11) is 0. The van der Waals surface area contributed by atoms with E-state index >= 15 is 0 Å². The van der Waals surface area contributed by atoms with Crippen LogP contribution in [-0.4, -0.2) is 57.8 Å². The number of hydrogen-bond acceptors (Lipinski definition) is 4. The smallest absolute Gasteiger partial charge is 0.258 e. The van der Waals surface area contributed by atoms with Gasteiger partial charge in [-0.1, -0.05) is 25.0 Å². The number of aryl methyl sites for hydroxylation is 1. The molecular weight excluding hydrogens is 356 g/mol. The lowest BCUT2D eigenvalue weighted by atomic mass is 10.1. The van der Waals surface area contributed by atoms with Crippen molar-refractivity contribution in [3.8, 4) is 0 Å². The molecule has 2 fully saturated rings. The number of amides is 2. The average molecular weight is 382 g/mol. The molecule has 1 saturated carbocycles. The Morgan fingerprint density at radius 2 is 1.71 bits per heavy atom. The van der Waals surface area contributed by atoms with Gasteiger partial charge in [0.05, 0.1) is 10.9 Å². The SMILES string of the molecule is O=C(CCc1nc2ccccc2c(=O)[nH]1)N1CCN(C(=O)C2CCCC2)CC1. The Labute approximate surface area is 163 Å².